The molecule has 1 aromatic carbocycles. The van der Waals surface area contributed by atoms with Crippen molar-refractivity contribution in [3.8, 4) is 0 Å². The highest BCUT2D eigenvalue weighted by Gasteiger charge is 2.20. The molecule has 0 aliphatic heterocycles. The Morgan fingerprint density at radius 2 is 2.26 bits per heavy atom. The largest absolute Gasteiger partial charge is 0.308 e. The Kier molecular flexibility index (Phi) is 4.96. The smallest absolute Gasteiger partial charge is 0.0802 e. The van der Waals surface area contributed by atoms with Gasteiger partial charge in [0.1, 0.15) is 0 Å². The minimum Gasteiger partial charge on any atom is -0.308 e. The Morgan fingerprint density at radius 1 is 1.47 bits per heavy atom. The number of nitrogens with one attached hydrogen (secondary N) is 1. The molecule has 1 aromatic heterocycles. The number of hydrogen-bond acceptors (Lipinski definition) is 3. The second-order valence-corrected chi connectivity index (χ2v) is 5.48. The normalized spacial score (nSPS) is 12.6. The fourth-order valence-corrected chi connectivity index (χ4v) is 2.70. The lowest BCUT2D eigenvalue weighted by Gasteiger charge is -2.19. The summed E-state index contributed by atoms with van der Waals surface area (Å²) in [5, 5.41) is 12.1. The molecule has 0 radical (unpaired) electrons. The van der Waals surface area contributed by atoms with E-state index in [2.05, 4.69) is 38.5 Å². The molecular weight excluding hydrogens is 328 g/mol. The summed E-state index contributed by atoms with van der Waals surface area (Å²) in [6.07, 6.45) is 2.80. The van der Waals surface area contributed by atoms with E-state index < -0.39 is 0 Å². The van der Waals surface area contributed by atoms with E-state index in [-0.39, 0.29) is 6.04 Å². The molecular formula is C13H16BrClN4. The predicted octanol–water partition coefficient (Wildman–Crippen LogP) is 3.41. The van der Waals surface area contributed by atoms with Crippen LogP contribution in [0.25, 0.3) is 0 Å². The summed E-state index contributed by atoms with van der Waals surface area (Å²) in [4.78, 5) is 0. The van der Waals surface area contributed by atoms with Crippen molar-refractivity contribution in [1.29, 1.82) is 0 Å². The molecule has 102 valence electrons. The molecule has 2 aromatic rings. The van der Waals surface area contributed by atoms with Gasteiger partial charge in [-0.3, -0.25) is 0 Å². The van der Waals surface area contributed by atoms with Crippen LogP contribution in [-0.2, 0) is 6.54 Å². The number of rotatable bonds is 5. The van der Waals surface area contributed by atoms with Crippen LogP contribution in [0.5, 0.6) is 0 Å². The number of aromatic nitrogens is 3. The van der Waals surface area contributed by atoms with Gasteiger partial charge in [-0.2, -0.15) is 0 Å². The van der Waals surface area contributed by atoms with Gasteiger partial charge in [0.25, 0.3) is 0 Å². The zero-order valence-corrected chi connectivity index (χ0v) is 13.2. The fourth-order valence-electron chi connectivity index (χ4n) is 2.08. The first-order valence-corrected chi connectivity index (χ1v) is 7.35. The Morgan fingerprint density at radius 3 is 2.95 bits per heavy atom. The molecule has 6 heteroatoms. The third kappa shape index (κ3) is 2.99. The van der Waals surface area contributed by atoms with Crippen molar-refractivity contribution in [3.63, 3.8) is 0 Å². The summed E-state index contributed by atoms with van der Waals surface area (Å²) < 4.78 is 2.81. The van der Waals surface area contributed by atoms with Gasteiger partial charge in [0.2, 0.25) is 0 Å². The molecule has 0 saturated carbocycles. The summed E-state index contributed by atoms with van der Waals surface area (Å²) in [5.74, 6) is 0. The van der Waals surface area contributed by atoms with Crippen molar-refractivity contribution in [2.24, 2.45) is 0 Å². The van der Waals surface area contributed by atoms with Crippen LogP contribution >= 0.6 is 27.5 Å². The van der Waals surface area contributed by atoms with Crippen molar-refractivity contribution >= 4 is 27.5 Å². The van der Waals surface area contributed by atoms with Crippen LogP contribution in [0.1, 0.15) is 30.6 Å². The van der Waals surface area contributed by atoms with E-state index in [4.69, 9.17) is 11.6 Å². The number of benzene rings is 1. The van der Waals surface area contributed by atoms with Crippen LogP contribution in [-0.4, -0.2) is 22.0 Å². The standard InChI is InChI=1S/C13H16BrClN4/c1-3-7-19-11(8-17-18-19)13(16-2)9-5-4-6-10(14)12(9)15/h4-6,8,13,16H,3,7H2,1-2H3. The van der Waals surface area contributed by atoms with E-state index in [1.54, 1.807) is 6.20 Å². The van der Waals surface area contributed by atoms with Gasteiger partial charge in [0.15, 0.2) is 0 Å². The zero-order valence-electron chi connectivity index (χ0n) is 10.9. The Bertz CT molecular complexity index is 555. The maximum absolute atomic E-state index is 6.38. The summed E-state index contributed by atoms with van der Waals surface area (Å²) in [7, 11) is 1.91. The number of halogens is 2. The predicted molar refractivity (Wildman–Crippen MR) is 80.4 cm³/mol. The molecule has 0 amide bonds. The van der Waals surface area contributed by atoms with Gasteiger partial charge in [-0.05, 0) is 41.0 Å². The van der Waals surface area contributed by atoms with Crippen LogP contribution in [0, 0.1) is 0 Å². The molecule has 0 bridgehead atoms. The Balaban J connectivity index is 2.44. The summed E-state index contributed by atoms with van der Waals surface area (Å²) in [6, 6.07) is 5.90. The van der Waals surface area contributed by atoms with E-state index in [1.807, 2.05) is 29.9 Å². The molecule has 4 nitrogen and oxygen atoms in total. The first kappa shape index (κ1) is 14.5. The second-order valence-electron chi connectivity index (χ2n) is 4.25. The summed E-state index contributed by atoms with van der Waals surface area (Å²) in [5.41, 5.74) is 2.03. The molecule has 0 aliphatic carbocycles. The van der Waals surface area contributed by atoms with Crippen molar-refractivity contribution in [2.45, 2.75) is 25.9 Å². The van der Waals surface area contributed by atoms with Crippen LogP contribution in [0.4, 0.5) is 0 Å². The van der Waals surface area contributed by atoms with Gasteiger partial charge in [-0.25, -0.2) is 4.68 Å². The lowest BCUT2D eigenvalue weighted by atomic mass is 10.0. The summed E-state index contributed by atoms with van der Waals surface area (Å²) in [6.45, 7) is 2.96. The van der Waals surface area contributed by atoms with E-state index in [0.29, 0.717) is 5.02 Å². The fraction of sp³-hybridized carbons (Fsp3) is 0.385. The first-order valence-electron chi connectivity index (χ1n) is 6.18. The number of hydrogen-bond donors (Lipinski definition) is 1. The molecule has 1 heterocycles. The Labute approximate surface area is 126 Å². The summed E-state index contributed by atoms with van der Waals surface area (Å²) >= 11 is 9.83. The molecule has 0 spiro atoms. The van der Waals surface area contributed by atoms with E-state index in [1.165, 1.54) is 0 Å². The monoisotopic (exact) mass is 342 g/mol. The van der Waals surface area contributed by atoms with Crippen molar-refractivity contribution in [2.75, 3.05) is 7.05 Å². The molecule has 0 aliphatic rings. The second kappa shape index (κ2) is 6.50. The van der Waals surface area contributed by atoms with Crippen LogP contribution in [0.3, 0.4) is 0 Å². The highest BCUT2D eigenvalue weighted by atomic mass is 79.9. The molecule has 1 atom stereocenters. The SMILES string of the molecule is CCCn1nncc1C(NC)c1cccc(Br)c1Cl. The van der Waals surface area contributed by atoms with Gasteiger partial charge in [-0.1, -0.05) is 35.9 Å². The Hall–Kier alpha value is -0.910. The average molecular weight is 344 g/mol. The average Bonchev–Trinajstić information content (AvgIpc) is 2.84. The maximum atomic E-state index is 6.38. The third-order valence-electron chi connectivity index (χ3n) is 2.96. The van der Waals surface area contributed by atoms with Crippen LogP contribution < -0.4 is 5.32 Å². The van der Waals surface area contributed by atoms with Crippen LogP contribution in [0.2, 0.25) is 5.02 Å². The lowest BCUT2D eigenvalue weighted by Crippen LogP contribution is -2.22. The van der Waals surface area contributed by atoms with Crippen LogP contribution in [0.15, 0.2) is 28.9 Å². The number of aryl methyl sites for hydroxylation is 1. The van der Waals surface area contributed by atoms with Crippen molar-refractivity contribution in [3.05, 3.63) is 45.1 Å². The minimum atomic E-state index is -0.0217. The topological polar surface area (TPSA) is 42.7 Å². The van der Waals surface area contributed by atoms with Crippen molar-refractivity contribution < 1.29 is 0 Å². The van der Waals surface area contributed by atoms with Gasteiger partial charge in [-0.15, -0.1) is 5.10 Å². The van der Waals surface area contributed by atoms with Gasteiger partial charge in [0, 0.05) is 11.0 Å². The zero-order chi connectivity index (χ0) is 13.8. The van der Waals surface area contributed by atoms with E-state index in [0.717, 1.165) is 28.7 Å². The van der Waals surface area contributed by atoms with E-state index in [9.17, 15) is 0 Å². The molecule has 19 heavy (non-hydrogen) atoms. The highest BCUT2D eigenvalue weighted by Crippen LogP contribution is 2.32. The number of nitrogens with zero attached hydrogens (tertiary/aromatic N) is 3. The quantitative estimate of drug-likeness (QED) is 0.904. The van der Waals surface area contributed by atoms with Crippen molar-refractivity contribution in [1.82, 2.24) is 20.3 Å². The lowest BCUT2D eigenvalue weighted by molar-refractivity contribution is 0.523. The van der Waals surface area contributed by atoms with Gasteiger partial charge < -0.3 is 5.32 Å². The molecule has 1 N–H and O–H groups in total. The third-order valence-corrected chi connectivity index (χ3v) is 4.27. The molecule has 2 rings (SSSR count). The molecule has 1 unspecified atom stereocenters. The molecule has 0 fully saturated rings. The first-order chi connectivity index (χ1) is 9.19. The molecule has 0 saturated heterocycles. The highest BCUT2D eigenvalue weighted by molar-refractivity contribution is 9.10. The van der Waals surface area contributed by atoms with E-state index >= 15 is 0 Å². The minimum absolute atomic E-state index is 0.0217. The van der Waals surface area contributed by atoms with Gasteiger partial charge >= 0.3 is 0 Å². The van der Waals surface area contributed by atoms with Gasteiger partial charge in [0.05, 0.1) is 23.0 Å². The maximum Gasteiger partial charge on any atom is 0.0802 e.